The molecular formula is C14H19FN2O. The van der Waals surface area contributed by atoms with Crippen LogP contribution in [0, 0.1) is 18.2 Å². The van der Waals surface area contributed by atoms with Gasteiger partial charge in [-0.1, -0.05) is 0 Å². The van der Waals surface area contributed by atoms with Gasteiger partial charge in [-0.25, -0.2) is 9.37 Å². The lowest BCUT2D eigenvalue weighted by molar-refractivity contribution is 0.0383. The monoisotopic (exact) mass is 250 g/mol. The van der Waals surface area contributed by atoms with Gasteiger partial charge in [-0.2, -0.15) is 0 Å². The van der Waals surface area contributed by atoms with Crippen LogP contribution < -0.4 is 10.1 Å². The van der Waals surface area contributed by atoms with Gasteiger partial charge in [-0.15, -0.1) is 0 Å². The van der Waals surface area contributed by atoms with Gasteiger partial charge in [0.25, 0.3) is 5.88 Å². The van der Waals surface area contributed by atoms with Gasteiger partial charge in [0.2, 0.25) is 0 Å². The molecule has 1 aliphatic heterocycles. The third kappa shape index (κ3) is 2.21. The molecule has 1 saturated heterocycles. The Bertz CT molecular complexity index is 435. The van der Waals surface area contributed by atoms with Crippen LogP contribution in [0.2, 0.25) is 0 Å². The van der Waals surface area contributed by atoms with Gasteiger partial charge >= 0.3 is 0 Å². The van der Waals surface area contributed by atoms with E-state index < -0.39 is 0 Å². The van der Waals surface area contributed by atoms with E-state index in [2.05, 4.69) is 10.3 Å². The lowest BCUT2D eigenvalue weighted by Gasteiger charge is -2.47. The van der Waals surface area contributed by atoms with Gasteiger partial charge < -0.3 is 10.1 Å². The lowest BCUT2D eigenvalue weighted by atomic mass is 9.69. The molecule has 0 unspecified atom stereocenters. The summed E-state index contributed by atoms with van der Waals surface area (Å²) in [5, 5.41) is 3.34. The van der Waals surface area contributed by atoms with Gasteiger partial charge in [-0.3, -0.25) is 0 Å². The molecule has 2 aliphatic rings. The van der Waals surface area contributed by atoms with Crippen LogP contribution in [-0.2, 0) is 0 Å². The molecule has 1 aromatic heterocycles. The molecular weight excluding hydrogens is 231 g/mol. The van der Waals surface area contributed by atoms with E-state index in [4.69, 9.17) is 4.74 Å². The quantitative estimate of drug-likeness (QED) is 0.875. The number of nitrogens with one attached hydrogen (secondary N) is 1. The summed E-state index contributed by atoms with van der Waals surface area (Å²) in [5.74, 6) is -0.186. The van der Waals surface area contributed by atoms with Crippen LogP contribution in [0.15, 0.2) is 12.1 Å². The van der Waals surface area contributed by atoms with Crippen LogP contribution >= 0.6 is 0 Å². The van der Waals surface area contributed by atoms with Crippen molar-refractivity contribution in [2.75, 3.05) is 13.1 Å². The summed E-state index contributed by atoms with van der Waals surface area (Å²) in [6, 6.07) is 3.09. The standard InChI is InChI=1S/C14H19FN2O/c1-10-2-3-12(15)13(17-10)18-11-4-6-14(7-5-11)8-16-9-14/h2-3,11,16H,4-9H2,1H3. The summed E-state index contributed by atoms with van der Waals surface area (Å²) >= 11 is 0. The molecule has 1 aliphatic carbocycles. The van der Waals surface area contributed by atoms with E-state index in [9.17, 15) is 4.39 Å². The number of aryl methyl sites for hydroxylation is 1. The van der Waals surface area contributed by atoms with E-state index in [-0.39, 0.29) is 17.8 Å². The maximum atomic E-state index is 13.6. The number of hydrogen-bond acceptors (Lipinski definition) is 3. The second-order valence-electron chi connectivity index (χ2n) is 5.66. The van der Waals surface area contributed by atoms with Crippen molar-refractivity contribution < 1.29 is 9.13 Å². The van der Waals surface area contributed by atoms with Crippen LogP contribution in [0.5, 0.6) is 5.88 Å². The fraction of sp³-hybridized carbons (Fsp3) is 0.643. The van der Waals surface area contributed by atoms with Crippen LogP contribution in [0.1, 0.15) is 31.4 Å². The molecule has 2 fully saturated rings. The predicted molar refractivity (Wildman–Crippen MR) is 67.1 cm³/mol. The molecule has 1 saturated carbocycles. The number of nitrogens with zero attached hydrogens (tertiary/aromatic N) is 1. The average molecular weight is 250 g/mol. The molecule has 1 aromatic rings. The fourth-order valence-electron chi connectivity index (χ4n) is 2.91. The number of ether oxygens (including phenoxy) is 1. The Morgan fingerprint density at radius 2 is 2.06 bits per heavy atom. The number of hydrogen-bond donors (Lipinski definition) is 1. The summed E-state index contributed by atoms with van der Waals surface area (Å²) in [6.45, 7) is 4.12. The molecule has 0 radical (unpaired) electrons. The Morgan fingerprint density at radius 3 is 2.67 bits per heavy atom. The lowest BCUT2D eigenvalue weighted by Crippen LogP contribution is -2.55. The molecule has 0 amide bonds. The maximum absolute atomic E-state index is 13.6. The Hall–Kier alpha value is -1.16. The largest absolute Gasteiger partial charge is 0.472 e. The Morgan fingerprint density at radius 1 is 1.33 bits per heavy atom. The van der Waals surface area contributed by atoms with Crippen LogP contribution in [0.3, 0.4) is 0 Å². The van der Waals surface area contributed by atoms with E-state index in [1.165, 1.54) is 18.9 Å². The number of halogens is 1. The van der Waals surface area contributed by atoms with Crippen LogP contribution in [0.25, 0.3) is 0 Å². The minimum absolute atomic E-state index is 0.125. The molecule has 1 spiro atoms. The third-order valence-corrected chi connectivity index (χ3v) is 4.22. The zero-order chi connectivity index (χ0) is 12.6. The van der Waals surface area contributed by atoms with Crippen molar-refractivity contribution in [3.63, 3.8) is 0 Å². The number of aromatic nitrogens is 1. The summed E-state index contributed by atoms with van der Waals surface area (Å²) < 4.78 is 19.3. The van der Waals surface area contributed by atoms with Crippen molar-refractivity contribution in [3.05, 3.63) is 23.6 Å². The molecule has 3 rings (SSSR count). The van der Waals surface area contributed by atoms with Gasteiger partial charge in [0.15, 0.2) is 5.82 Å². The first-order valence-electron chi connectivity index (χ1n) is 6.67. The molecule has 0 bridgehead atoms. The second kappa shape index (κ2) is 4.50. The Balaban J connectivity index is 1.62. The van der Waals surface area contributed by atoms with Gasteiger partial charge in [0.1, 0.15) is 6.10 Å². The predicted octanol–water partition coefficient (Wildman–Crippen LogP) is 2.44. The van der Waals surface area contributed by atoms with E-state index in [0.717, 1.165) is 31.6 Å². The van der Waals surface area contributed by atoms with Crippen molar-refractivity contribution in [2.45, 2.75) is 38.7 Å². The highest BCUT2D eigenvalue weighted by atomic mass is 19.1. The average Bonchev–Trinajstić information content (AvgIpc) is 2.33. The van der Waals surface area contributed by atoms with Crippen LogP contribution in [0.4, 0.5) is 4.39 Å². The zero-order valence-electron chi connectivity index (χ0n) is 10.7. The Kier molecular flexibility index (Phi) is 2.98. The Labute approximate surface area is 107 Å². The summed E-state index contributed by atoms with van der Waals surface area (Å²) in [6.07, 6.45) is 4.50. The fourth-order valence-corrected chi connectivity index (χ4v) is 2.91. The first-order valence-corrected chi connectivity index (χ1v) is 6.67. The smallest absolute Gasteiger partial charge is 0.250 e. The first-order chi connectivity index (χ1) is 8.67. The van der Waals surface area contributed by atoms with Crippen molar-refractivity contribution in [1.82, 2.24) is 10.3 Å². The molecule has 18 heavy (non-hydrogen) atoms. The first kappa shape index (κ1) is 11.9. The molecule has 1 N–H and O–H groups in total. The van der Waals surface area contributed by atoms with Crippen molar-refractivity contribution in [2.24, 2.45) is 5.41 Å². The number of rotatable bonds is 2. The van der Waals surface area contributed by atoms with Gasteiger partial charge in [0.05, 0.1) is 0 Å². The van der Waals surface area contributed by atoms with Crippen molar-refractivity contribution in [3.8, 4) is 5.88 Å². The highest BCUT2D eigenvalue weighted by molar-refractivity contribution is 5.18. The maximum Gasteiger partial charge on any atom is 0.250 e. The zero-order valence-corrected chi connectivity index (χ0v) is 10.7. The molecule has 0 aromatic carbocycles. The van der Waals surface area contributed by atoms with E-state index in [1.807, 2.05) is 6.92 Å². The molecule has 4 heteroatoms. The molecule has 2 heterocycles. The van der Waals surface area contributed by atoms with Crippen molar-refractivity contribution >= 4 is 0 Å². The summed E-state index contributed by atoms with van der Waals surface area (Å²) in [4.78, 5) is 4.13. The van der Waals surface area contributed by atoms with E-state index in [1.54, 1.807) is 6.07 Å². The molecule has 98 valence electrons. The highest BCUT2D eigenvalue weighted by Gasteiger charge is 2.40. The second-order valence-corrected chi connectivity index (χ2v) is 5.66. The highest BCUT2D eigenvalue weighted by Crippen LogP contribution is 2.40. The van der Waals surface area contributed by atoms with E-state index in [0.29, 0.717) is 5.41 Å². The minimum atomic E-state index is -0.355. The molecule has 3 nitrogen and oxygen atoms in total. The van der Waals surface area contributed by atoms with Crippen LogP contribution in [-0.4, -0.2) is 24.2 Å². The van der Waals surface area contributed by atoms with E-state index >= 15 is 0 Å². The topological polar surface area (TPSA) is 34.1 Å². The third-order valence-electron chi connectivity index (χ3n) is 4.22. The minimum Gasteiger partial charge on any atom is -0.472 e. The number of pyridine rings is 1. The SMILES string of the molecule is Cc1ccc(F)c(OC2CCC3(CC2)CNC3)n1. The van der Waals surface area contributed by atoms with Gasteiger partial charge in [0, 0.05) is 18.8 Å². The molecule has 0 atom stereocenters. The van der Waals surface area contributed by atoms with Crippen molar-refractivity contribution in [1.29, 1.82) is 0 Å². The summed E-state index contributed by atoms with van der Waals surface area (Å²) in [5.41, 5.74) is 1.31. The normalized spacial score (nSPS) is 22.8. The summed E-state index contributed by atoms with van der Waals surface area (Å²) in [7, 11) is 0. The van der Waals surface area contributed by atoms with Gasteiger partial charge in [-0.05, 0) is 50.2 Å².